The number of carbonyl (C=O) groups is 2. The molecule has 7 rings (SSSR count). The molecule has 0 fully saturated rings. The zero-order valence-electron chi connectivity index (χ0n) is 16.9. The lowest BCUT2D eigenvalue weighted by atomic mass is 9.59. The number of rotatable bonds is 3. The topological polar surface area (TPSA) is 67.4 Å². The average Bonchev–Trinajstić information content (AvgIpc) is 2.82. The van der Waals surface area contributed by atoms with Gasteiger partial charge in [0, 0.05) is 23.9 Å². The highest BCUT2D eigenvalue weighted by Crippen LogP contribution is 2.55. The van der Waals surface area contributed by atoms with Crippen molar-refractivity contribution in [3.05, 3.63) is 94.5 Å². The van der Waals surface area contributed by atoms with Crippen molar-refractivity contribution in [2.75, 3.05) is 18.5 Å². The van der Waals surface area contributed by atoms with Crippen molar-refractivity contribution in [1.82, 2.24) is 5.32 Å². The molecule has 2 N–H and O–H groups in total. The van der Waals surface area contributed by atoms with Gasteiger partial charge in [-0.15, -0.1) is 0 Å². The number of ether oxygens (including phenoxy) is 1. The van der Waals surface area contributed by atoms with Gasteiger partial charge in [-0.25, -0.2) is 0 Å². The molecule has 0 saturated carbocycles. The van der Waals surface area contributed by atoms with Crippen molar-refractivity contribution in [1.29, 1.82) is 0 Å². The first kappa shape index (κ1) is 18.2. The standard InChI is InChI=1S/C26H22N2O3/c29-24-14-31-23-12-15(9-10-22(23)28-24)26(30)27-13-16-11-21-17-5-1-3-7-19(17)25(16)20-8-4-2-6-18(20)21/h1-10,12,16,21,25H,11,13-14H2,(H,27,30)(H,28,29). The number of hydrogen-bond donors (Lipinski definition) is 2. The fraction of sp³-hybridized carbons (Fsp3) is 0.231. The Morgan fingerprint density at radius 2 is 1.65 bits per heavy atom. The molecule has 4 aliphatic rings. The molecule has 2 bridgehead atoms. The van der Waals surface area contributed by atoms with Crippen LogP contribution in [0, 0.1) is 5.92 Å². The third-order valence-corrected chi connectivity index (χ3v) is 6.82. The Balaban J connectivity index is 1.24. The number of fused-ring (bicyclic) bond motifs is 2. The summed E-state index contributed by atoms with van der Waals surface area (Å²) in [7, 11) is 0. The van der Waals surface area contributed by atoms with Crippen LogP contribution in [0.2, 0.25) is 0 Å². The van der Waals surface area contributed by atoms with Gasteiger partial charge in [-0.3, -0.25) is 9.59 Å². The fourth-order valence-electron chi connectivity index (χ4n) is 5.50. The molecule has 154 valence electrons. The van der Waals surface area contributed by atoms with Crippen molar-refractivity contribution in [2.24, 2.45) is 5.92 Å². The van der Waals surface area contributed by atoms with E-state index in [1.54, 1.807) is 18.2 Å². The summed E-state index contributed by atoms with van der Waals surface area (Å²) >= 11 is 0. The first-order valence-electron chi connectivity index (χ1n) is 10.7. The summed E-state index contributed by atoms with van der Waals surface area (Å²) in [5.41, 5.74) is 6.80. The Morgan fingerprint density at radius 3 is 2.35 bits per heavy atom. The first-order valence-corrected chi connectivity index (χ1v) is 10.7. The molecule has 3 aromatic carbocycles. The molecule has 5 nitrogen and oxygen atoms in total. The number of nitrogens with one attached hydrogen (secondary N) is 2. The Hall–Kier alpha value is -3.60. The Labute approximate surface area is 180 Å². The second-order valence-electron chi connectivity index (χ2n) is 8.54. The molecular formula is C26H22N2O3. The van der Waals surface area contributed by atoms with Crippen LogP contribution in [0.1, 0.15) is 50.9 Å². The van der Waals surface area contributed by atoms with Gasteiger partial charge in [-0.1, -0.05) is 48.5 Å². The highest BCUT2D eigenvalue weighted by atomic mass is 16.5. The third kappa shape index (κ3) is 2.92. The highest BCUT2D eigenvalue weighted by molar-refractivity contribution is 5.99. The maximum absolute atomic E-state index is 12.9. The predicted molar refractivity (Wildman–Crippen MR) is 118 cm³/mol. The van der Waals surface area contributed by atoms with E-state index in [-0.39, 0.29) is 18.4 Å². The van der Waals surface area contributed by atoms with E-state index in [1.165, 1.54) is 22.3 Å². The van der Waals surface area contributed by atoms with Gasteiger partial charge in [0.25, 0.3) is 11.8 Å². The molecule has 31 heavy (non-hydrogen) atoms. The predicted octanol–water partition coefficient (Wildman–Crippen LogP) is 4.04. The molecule has 3 aromatic rings. The van der Waals surface area contributed by atoms with E-state index >= 15 is 0 Å². The number of hydrogen-bond acceptors (Lipinski definition) is 3. The lowest BCUT2D eigenvalue weighted by Crippen LogP contribution is -2.39. The van der Waals surface area contributed by atoms with Gasteiger partial charge in [-0.2, -0.15) is 0 Å². The maximum atomic E-state index is 12.9. The van der Waals surface area contributed by atoms with E-state index in [1.807, 2.05) is 0 Å². The van der Waals surface area contributed by atoms with E-state index < -0.39 is 0 Å². The SMILES string of the molecule is O=C1COc2cc(C(=O)NCC3CC4c5ccccc5C3c3ccccc34)ccc2N1. The van der Waals surface area contributed by atoms with Gasteiger partial charge in [0.2, 0.25) is 0 Å². The quantitative estimate of drug-likeness (QED) is 0.685. The molecule has 1 aliphatic heterocycles. The number of benzene rings is 3. The first-order chi connectivity index (χ1) is 15.2. The summed E-state index contributed by atoms with van der Waals surface area (Å²) < 4.78 is 5.45. The van der Waals surface area contributed by atoms with Crippen LogP contribution in [0.3, 0.4) is 0 Å². The van der Waals surface area contributed by atoms with Crippen LogP contribution in [0.5, 0.6) is 5.75 Å². The second-order valence-corrected chi connectivity index (χ2v) is 8.54. The van der Waals surface area contributed by atoms with Gasteiger partial charge < -0.3 is 15.4 Å². The van der Waals surface area contributed by atoms with Crippen molar-refractivity contribution < 1.29 is 14.3 Å². The minimum Gasteiger partial charge on any atom is -0.482 e. The molecule has 0 aromatic heterocycles. The van der Waals surface area contributed by atoms with E-state index in [9.17, 15) is 9.59 Å². The lowest BCUT2D eigenvalue weighted by Gasteiger charge is -2.45. The van der Waals surface area contributed by atoms with Crippen LogP contribution >= 0.6 is 0 Å². The Kier molecular flexibility index (Phi) is 4.10. The summed E-state index contributed by atoms with van der Waals surface area (Å²) in [5.74, 6) is 1.28. The molecule has 0 radical (unpaired) electrons. The van der Waals surface area contributed by atoms with E-state index in [0.717, 1.165) is 6.42 Å². The molecule has 2 amide bonds. The number of amides is 2. The zero-order valence-corrected chi connectivity index (χ0v) is 16.9. The summed E-state index contributed by atoms with van der Waals surface area (Å²) in [4.78, 5) is 24.3. The minimum absolute atomic E-state index is 0.0258. The van der Waals surface area contributed by atoms with Crippen LogP contribution in [-0.4, -0.2) is 25.0 Å². The van der Waals surface area contributed by atoms with E-state index in [2.05, 4.69) is 59.2 Å². The third-order valence-electron chi connectivity index (χ3n) is 6.82. The van der Waals surface area contributed by atoms with E-state index in [4.69, 9.17) is 4.74 Å². The van der Waals surface area contributed by atoms with Gasteiger partial charge in [0.05, 0.1) is 5.69 Å². The van der Waals surface area contributed by atoms with Crippen LogP contribution in [-0.2, 0) is 4.79 Å². The smallest absolute Gasteiger partial charge is 0.262 e. The Morgan fingerprint density at radius 1 is 0.968 bits per heavy atom. The van der Waals surface area contributed by atoms with Crippen LogP contribution in [0.4, 0.5) is 5.69 Å². The molecule has 1 heterocycles. The van der Waals surface area contributed by atoms with Crippen molar-refractivity contribution in [3.63, 3.8) is 0 Å². The second kappa shape index (κ2) is 6.98. The van der Waals surface area contributed by atoms with Crippen LogP contribution in [0.15, 0.2) is 66.7 Å². The largest absolute Gasteiger partial charge is 0.482 e. The van der Waals surface area contributed by atoms with Crippen molar-refractivity contribution >= 4 is 17.5 Å². The molecule has 0 saturated heterocycles. The normalized spacial score (nSPS) is 22.5. The molecule has 1 atom stereocenters. The van der Waals surface area contributed by atoms with E-state index in [0.29, 0.717) is 41.3 Å². The zero-order chi connectivity index (χ0) is 20.9. The molecule has 1 unspecified atom stereocenters. The van der Waals surface area contributed by atoms with Gasteiger partial charge in [0.1, 0.15) is 5.75 Å². The van der Waals surface area contributed by atoms with Gasteiger partial charge in [0.15, 0.2) is 6.61 Å². The molecular weight excluding hydrogens is 388 g/mol. The van der Waals surface area contributed by atoms with Gasteiger partial charge >= 0.3 is 0 Å². The summed E-state index contributed by atoms with van der Waals surface area (Å²) in [5, 5.41) is 5.90. The summed E-state index contributed by atoms with van der Waals surface area (Å²) in [6.07, 6.45) is 1.04. The molecule has 3 aliphatic carbocycles. The monoisotopic (exact) mass is 410 g/mol. The molecule has 5 heteroatoms. The lowest BCUT2D eigenvalue weighted by molar-refractivity contribution is -0.118. The number of carbonyl (C=O) groups excluding carboxylic acids is 2. The van der Waals surface area contributed by atoms with Crippen LogP contribution in [0.25, 0.3) is 0 Å². The van der Waals surface area contributed by atoms with Crippen molar-refractivity contribution in [2.45, 2.75) is 18.3 Å². The van der Waals surface area contributed by atoms with Crippen LogP contribution < -0.4 is 15.4 Å². The fourth-order valence-corrected chi connectivity index (χ4v) is 5.50. The summed E-state index contributed by atoms with van der Waals surface area (Å²) in [6.45, 7) is 0.597. The average molecular weight is 410 g/mol. The Bertz CT molecular complexity index is 1170. The van der Waals surface area contributed by atoms with Gasteiger partial charge in [-0.05, 0) is 52.8 Å². The molecule has 0 spiro atoms. The highest BCUT2D eigenvalue weighted by Gasteiger charge is 2.42. The summed E-state index contributed by atoms with van der Waals surface area (Å²) in [6, 6.07) is 22.6. The maximum Gasteiger partial charge on any atom is 0.262 e. The van der Waals surface area contributed by atoms with Crippen molar-refractivity contribution in [3.8, 4) is 5.75 Å². The number of anilines is 1. The minimum atomic E-state index is -0.183.